The number of amides is 2. The van der Waals surface area contributed by atoms with E-state index < -0.39 is 0 Å². The molecule has 27 heavy (non-hydrogen) atoms. The summed E-state index contributed by atoms with van der Waals surface area (Å²) in [4.78, 5) is 22.3. The van der Waals surface area contributed by atoms with Gasteiger partial charge in [0, 0.05) is 23.7 Å². The molecule has 1 saturated heterocycles. The molecule has 1 unspecified atom stereocenters. The Morgan fingerprint density at radius 1 is 1.41 bits per heavy atom. The molecule has 0 radical (unpaired) electrons. The Morgan fingerprint density at radius 3 is 2.89 bits per heavy atom. The van der Waals surface area contributed by atoms with E-state index >= 15 is 0 Å². The van der Waals surface area contributed by atoms with Crippen molar-refractivity contribution in [3.8, 4) is 5.88 Å². The third kappa shape index (κ3) is 4.74. The summed E-state index contributed by atoms with van der Waals surface area (Å²) in [6.45, 7) is 3.08. The molecule has 0 aliphatic carbocycles. The fourth-order valence-corrected chi connectivity index (χ4v) is 3.13. The van der Waals surface area contributed by atoms with Gasteiger partial charge in [-0.1, -0.05) is 30.2 Å². The number of urea groups is 1. The van der Waals surface area contributed by atoms with Crippen molar-refractivity contribution < 1.29 is 13.9 Å². The zero-order valence-electron chi connectivity index (χ0n) is 15.1. The van der Waals surface area contributed by atoms with Gasteiger partial charge in [0.15, 0.2) is 5.82 Å². The fourth-order valence-electron chi connectivity index (χ4n) is 2.95. The first-order valence-electron chi connectivity index (χ1n) is 8.53. The van der Waals surface area contributed by atoms with Gasteiger partial charge in [-0.25, -0.2) is 19.2 Å². The number of aromatic nitrogens is 2. The van der Waals surface area contributed by atoms with Gasteiger partial charge in [0.2, 0.25) is 5.88 Å². The Labute approximate surface area is 162 Å². The highest BCUT2D eigenvalue weighted by atomic mass is 35.5. The predicted molar refractivity (Wildman–Crippen MR) is 102 cm³/mol. The molecule has 0 bridgehead atoms. The SMILES string of the molecule is COc1cnc(NC(=O)N2CCC(=Cc3cc(Cl)ccc3F)C(C)C2)cn1. The number of likely N-dealkylation sites (tertiary alicyclic amines) is 1. The molecule has 1 fully saturated rings. The number of benzene rings is 1. The van der Waals surface area contributed by atoms with Gasteiger partial charge in [0.05, 0.1) is 19.5 Å². The van der Waals surface area contributed by atoms with Crippen LogP contribution in [0.1, 0.15) is 18.9 Å². The lowest BCUT2D eigenvalue weighted by Gasteiger charge is -2.33. The van der Waals surface area contributed by atoms with Crippen LogP contribution in [0.15, 0.2) is 36.2 Å². The van der Waals surface area contributed by atoms with Gasteiger partial charge in [-0.05, 0) is 30.5 Å². The van der Waals surface area contributed by atoms with E-state index in [0.29, 0.717) is 41.8 Å². The van der Waals surface area contributed by atoms with E-state index in [4.69, 9.17) is 16.3 Å². The number of hydrogen-bond acceptors (Lipinski definition) is 4. The van der Waals surface area contributed by atoms with Crippen molar-refractivity contribution in [2.24, 2.45) is 5.92 Å². The topological polar surface area (TPSA) is 67.3 Å². The first kappa shape index (κ1) is 19.1. The molecule has 1 aliphatic heterocycles. The van der Waals surface area contributed by atoms with Crippen molar-refractivity contribution in [1.82, 2.24) is 14.9 Å². The second kappa shape index (κ2) is 8.35. The normalized spacial score (nSPS) is 18.4. The zero-order valence-corrected chi connectivity index (χ0v) is 15.8. The molecular formula is C19H20ClFN4O2. The zero-order chi connectivity index (χ0) is 19.4. The molecule has 1 aromatic heterocycles. The van der Waals surface area contributed by atoms with Crippen LogP contribution in [0.5, 0.6) is 5.88 Å². The fraction of sp³-hybridized carbons (Fsp3) is 0.316. The molecule has 1 aliphatic rings. The minimum atomic E-state index is -0.308. The van der Waals surface area contributed by atoms with Gasteiger partial charge in [-0.2, -0.15) is 0 Å². The van der Waals surface area contributed by atoms with Crippen LogP contribution in [0, 0.1) is 11.7 Å². The number of nitrogens with zero attached hydrogens (tertiary/aromatic N) is 3. The van der Waals surface area contributed by atoms with Crippen molar-refractivity contribution in [3.05, 3.63) is 52.6 Å². The average molecular weight is 391 g/mol. The third-order valence-corrected chi connectivity index (χ3v) is 4.69. The summed E-state index contributed by atoms with van der Waals surface area (Å²) in [5.74, 6) is 0.528. The number of piperidine rings is 1. The van der Waals surface area contributed by atoms with E-state index in [2.05, 4.69) is 15.3 Å². The monoisotopic (exact) mass is 390 g/mol. The van der Waals surface area contributed by atoms with E-state index in [9.17, 15) is 9.18 Å². The van der Waals surface area contributed by atoms with Crippen molar-refractivity contribution in [2.45, 2.75) is 13.3 Å². The molecule has 0 saturated carbocycles. The smallest absolute Gasteiger partial charge is 0.323 e. The lowest BCUT2D eigenvalue weighted by molar-refractivity contribution is 0.197. The molecule has 8 heteroatoms. The van der Waals surface area contributed by atoms with E-state index in [-0.39, 0.29) is 17.8 Å². The first-order chi connectivity index (χ1) is 13.0. The van der Waals surface area contributed by atoms with Crippen LogP contribution in [0.4, 0.5) is 15.0 Å². The number of nitrogens with one attached hydrogen (secondary N) is 1. The summed E-state index contributed by atoms with van der Waals surface area (Å²) in [6, 6.07) is 4.25. The highest BCUT2D eigenvalue weighted by molar-refractivity contribution is 6.30. The Hall–Kier alpha value is -2.67. The molecule has 2 heterocycles. The Bertz CT molecular complexity index is 857. The van der Waals surface area contributed by atoms with Crippen LogP contribution >= 0.6 is 11.6 Å². The molecule has 2 aromatic rings. The maximum absolute atomic E-state index is 14.0. The number of halogens is 2. The highest BCUT2D eigenvalue weighted by Gasteiger charge is 2.25. The molecule has 6 nitrogen and oxygen atoms in total. The second-order valence-electron chi connectivity index (χ2n) is 6.36. The van der Waals surface area contributed by atoms with Gasteiger partial charge in [-0.15, -0.1) is 0 Å². The second-order valence-corrected chi connectivity index (χ2v) is 6.79. The lowest BCUT2D eigenvalue weighted by atomic mass is 9.91. The molecule has 0 spiro atoms. The van der Waals surface area contributed by atoms with E-state index in [1.165, 1.54) is 31.6 Å². The summed E-state index contributed by atoms with van der Waals surface area (Å²) in [7, 11) is 1.50. The van der Waals surface area contributed by atoms with E-state index in [1.54, 1.807) is 11.0 Å². The largest absolute Gasteiger partial charge is 0.480 e. The van der Waals surface area contributed by atoms with Crippen LogP contribution in [-0.4, -0.2) is 41.1 Å². The van der Waals surface area contributed by atoms with Gasteiger partial charge in [0.25, 0.3) is 0 Å². The molecule has 1 N–H and O–H groups in total. The Morgan fingerprint density at radius 2 is 2.22 bits per heavy atom. The summed E-state index contributed by atoms with van der Waals surface area (Å²) in [5.41, 5.74) is 1.56. The van der Waals surface area contributed by atoms with Gasteiger partial charge in [0.1, 0.15) is 5.82 Å². The maximum atomic E-state index is 14.0. The predicted octanol–water partition coefficient (Wildman–Crippen LogP) is 4.24. The number of hydrogen-bond donors (Lipinski definition) is 1. The van der Waals surface area contributed by atoms with E-state index in [1.807, 2.05) is 13.0 Å². The highest BCUT2D eigenvalue weighted by Crippen LogP contribution is 2.27. The summed E-state index contributed by atoms with van der Waals surface area (Å²) in [6.07, 6.45) is 5.37. The van der Waals surface area contributed by atoms with Crippen LogP contribution in [0.25, 0.3) is 6.08 Å². The maximum Gasteiger partial charge on any atom is 0.323 e. The number of methoxy groups -OCH3 is 1. The Balaban J connectivity index is 1.64. The minimum absolute atomic E-state index is 0.102. The van der Waals surface area contributed by atoms with Crippen LogP contribution in [-0.2, 0) is 0 Å². The van der Waals surface area contributed by atoms with Gasteiger partial charge >= 0.3 is 6.03 Å². The average Bonchev–Trinajstić information content (AvgIpc) is 2.66. The van der Waals surface area contributed by atoms with Gasteiger partial charge in [-0.3, -0.25) is 5.32 Å². The van der Waals surface area contributed by atoms with Gasteiger partial charge < -0.3 is 9.64 Å². The quantitative estimate of drug-likeness (QED) is 0.851. The molecule has 1 aromatic carbocycles. The standard InChI is InChI=1S/C19H20ClFN4O2/c1-12-11-25(19(26)24-17-9-23-18(27-2)10-22-17)6-5-13(12)7-14-8-15(20)3-4-16(14)21/h3-4,7-10,12H,5-6,11H2,1-2H3,(H,22,24,26). The van der Waals surface area contributed by atoms with Crippen LogP contribution < -0.4 is 10.1 Å². The molecule has 2 amide bonds. The number of carbonyl (C=O) groups is 1. The number of rotatable bonds is 3. The molecule has 142 valence electrons. The third-order valence-electron chi connectivity index (χ3n) is 4.46. The lowest BCUT2D eigenvalue weighted by Crippen LogP contribution is -2.42. The van der Waals surface area contributed by atoms with Crippen molar-refractivity contribution in [3.63, 3.8) is 0 Å². The van der Waals surface area contributed by atoms with Crippen LogP contribution in [0.3, 0.4) is 0 Å². The Kier molecular flexibility index (Phi) is 5.91. The first-order valence-corrected chi connectivity index (χ1v) is 8.91. The summed E-state index contributed by atoms with van der Waals surface area (Å²) >= 11 is 5.96. The van der Waals surface area contributed by atoms with Crippen LogP contribution in [0.2, 0.25) is 5.02 Å². The number of carbonyl (C=O) groups excluding carboxylic acids is 1. The van der Waals surface area contributed by atoms with Crippen molar-refractivity contribution >= 4 is 29.5 Å². The molecule has 3 rings (SSSR count). The molecule has 1 atom stereocenters. The summed E-state index contributed by atoms with van der Waals surface area (Å²) in [5, 5.41) is 3.22. The number of ether oxygens (including phenoxy) is 1. The van der Waals surface area contributed by atoms with E-state index in [0.717, 1.165) is 5.57 Å². The van der Waals surface area contributed by atoms with Crippen molar-refractivity contribution in [1.29, 1.82) is 0 Å². The molecular weight excluding hydrogens is 371 g/mol. The van der Waals surface area contributed by atoms with Crippen molar-refractivity contribution in [2.75, 3.05) is 25.5 Å². The number of anilines is 1. The minimum Gasteiger partial charge on any atom is -0.480 e. The summed E-state index contributed by atoms with van der Waals surface area (Å²) < 4.78 is 18.9.